The van der Waals surface area contributed by atoms with Gasteiger partial charge in [0.1, 0.15) is 28.0 Å². The molecular formula is C18H24N2O3S2. The van der Waals surface area contributed by atoms with Gasteiger partial charge in [-0.2, -0.15) is 0 Å². The molecule has 0 unspecified atom stereocenters. The van der Waals surface area contributed by atoms with E-state index in [1.165, 1.54) is 28.6 Å². The van der Waals surface area contributed by atoms with E-state index < -0.39 is 0 Å². The lowest BCUT2D eigenvalue weighted by Gasteiger charge is -2.18. The van der Waals surface area contributed by atoms with Gasteiger partial charge in [-0.05, 0) is 44.6 Å². The Morgan fingerprint density at radius 2 is 2.28 bits per heavy atom. The number of thioether (sulfide) groups is 1. The van der Waals surface area contributed by atoms with Crippen LogP contribution < -0.4 is 0 Å². The Kier molecular flexibility index (Phi) is 6.30. The van der Waals surface area contributed by atoms with Gasteiger partial charge in [0.15, 0.2) is 0 Å². The smallest absolute Gasteiger partial charge is 0.319 e. The van der Waals surface area contributed by atoms with Crippen LogP contribution in [0.1, 0.15) is 37.6 Å². The molecule has 1 aliphatic carbocycles. The zero-order valence-corrected chi connectivity index (χ0v) is 16.5. The first-order chi connectivity index (χ1) is 12.1. The van der Waals surface area contributed by atoms with Crippen molar-refractivity contribution in [3.05, 3.63) is 16.8 Å². The summed E-state index contributed by atoms with van der Waals surface area (Å²) in [5.41, 5.74) is 1.39. The van der Waals surface area contributed by atoms with Crippen LogP contribution in [-0.4, -0.2) is 41.0 Å². The molecule has 5 nitrogen and oxygen atoms in total. The van der Waals surface area contributed by atoms with E-state index in [2.05, 4.69) is 16.9 Å². The van der Waals surface area contributed by atoms with Gasteiger partial charge in [0.2, 0.25) is 0 Å². The monoisotopic (exact) mass is 380 g/mol. The van der Waals surface area contributed by atoms with Crippen molar-refractivity contribution in [3.8, 4) is 0 Å². The third-order valence-electron chi connectivity index (χ3n) is 4.35. The Morgan fingerprint density at radius 1 is 1.44 bits per heavy atom. The van der Waals surface area contributed by atoms with Crippen molar-refractivity contribution < 1.29 is 14.3 Å². The van der Waals surface area contributed by atoms with Crippen molar-refractivity contribution in [1.82, 2.24) is 9.97 Å². The first-order valence-electron chi connectivity index (χ1n) is 8.76. The summed E-state index contributed by atoms with van der Waals surface area (Å²) in [7, 11) is 0. The number of carbonyl (C=O) groups is 1. The number of rotatable bonds is 7. The second-order valence-electron chi connectivity index (χ2n) is 6.34. The molecule has 0 fully saturated rings. The topological polar surface area (TPSA) is 61.3 Å². The zero-order valence-electron chi connectivity index (χ0n) is 14.9. The lowest BCUT2D eigenvalue weighted by atomic mass is 9.89. The highest BCUT2D eigenvalue weighted by Gasteiger charge is 2.25. The van der Waals surface area contributed by atoms with Gasteiger partial charge in [-0.25, -0.2) is 9.97 Å². The van der Waals surface area contributed by atoms with Crippen LogP contribution in [0.2, 0.25) is 0 Å². The number of hydrogen-bond acceptors (Lipinski definition) is 7. The van der Waals surface area contributed by atoms with Crippen molar-refractivity contribution in [3.63, 3.8) is 0 Å². The average molecular weight is 381 g/mol. The molecule has 0 aliphatic heterocycles. The maximum absolute atomic E-state index is 12.2. The number of fused-ring (bicyclic) bond motifs is 3. The van der Waals surface area contributed by atoms with Crippen LogP contribution in [0, 0.1) is 5.92 Å². The third kappa shape index (κ3) is 4.33. The fourth-order valence-electron chi connectivity index (χ4n) is 3.01. The Labute approximate surface area is 156 Å². The fraction of sp³-hybridized carbons (Fsp3) is 0.611. The molecule has 2 atom stereocenters. The van der Waals surface area contributed by atoms with E-state index in [9.17, 15) is 4.79 Å². The lowest BCUT2D eigenvalue weighted by molar-refractivity contribution is -0.144. The molecule has 7 heteroatoms. The predicted octanol–water partition coefficient (Wildman–Crippen LogP) is 3.88. The molecule has 0 saturated carbocycles. The molecule has 2 aromatic rings. The largest absolute Gasteiger partial charge is 0.462 e. The summed E-state index contributed by atoms with van der Waals surface area (Å²) in [5, 5.41) is 1.73. The van der Waals surface area contributed by atoms with E-state index in [-0.39, 0.29) is 11.2 Å². The Balaban J connectivity index is 1.74. The Bertz CT molecular complexity index is 747. The second kappa shape index (κ2) is 8.47. The van der Waals surface area contributed by atoms with Crippen LogP contribution >= 0.6 is 23.1 Å². The average Bonchev–Trinajstić information content (AvgIpc) is 2.96. The van der Waals surface area contributed by atoms with Crippen molar-refractivity contribution >= 4 is 39.3 Å². The van der Waals surface area contributed by atoms with Gasteiger partial charge >= 0.3 is 5.97 Å². The van der Waals surface area contributed by atoms with Gasteiger partial charge in [-0.1, -0.05) is 18.7 Å². The number of carbonyl (C=O) groups excluding carboxylic acids is 1. The summed E-state index contributed by atoms with van der Waals surface area (Å²) in [5.74, 6) is 0.498. The number of aromatic nitrogens is 2. The Morgan fingerprint density at radius 3 is 3.08 bits per heavy atom. The van der Waals surface area contributed by atoms with Gasteiger partial charge in [-0.3, -0.25) is 4.79 Å². The molecular weight excluding hydrogens is 356 g/mol. The van der Waals surface area contributed by atoms with Gasteiger partial charge < -0.3 is 9.47 Å². The van der Waals surface area contributed by atoms with Crippen LogP contribution in [0.25, 0.3) is 10.2 Å². The molecule has 2 aromatic heterocycles. The number of esters is 1. The molecule has 2 heterocycles. The minimum Gasteiger partial charge on any atom is -0.462 e. The standard InChI is InChI=1S/C18H24N2O3S2/c1-4-22-7-8-23-18(21)12(3)24-16-15-13-6-5-11(2)9-14(13)25-17(15)20-10-19-16/h10-12H,4-9H2,1-3H3/t11-,12-/m1/s1. The maximum Gasteiger partial charge on any atom is 0.319 e. The molecule has 0 spiro atoms. The molecule has 0 radical (unpaired) electrons. The highest BCUT2D eigenvalue weighted by molar-refractivity contribution is 8.00. The highest BCUT2D eigenvalue weighted by Crippen LogP contribution is 2.41. The number of aryl methyl sites for hydroxylation is 1. The predicted molar refractivity (Wildman–Crippen MR) is 101 cm³/mol. The lowest BCUT2D eigenvalue weighted by Crippen LogP contribution is -2.19. The first-order valence-corrected chi connectivity index (χ1v) is 10.5. The normalized spacial score (nSPS) is 18.1. The van der Waals surface area contributed by atoms with E-state index in [4.69, 9.17) is 9.47 Å². The van der Waals surface area contributed by atoms with E-state index >= 15 is 0 Å². The quantitative estimate of drug-likeness (QED) is 0.314. The molecule has 3 rings (SSSR count). The molecule has 0 amide bonds. The van der Waals surface area contributed by atoms with Crippen molar-refractivity contribution in [2.45, 2.75) is 50.3 Å². The minimum atomic E-state index is -0.308. The van der Waals surface area contributed by atoms with Crippen molar-refractivity contribution in [2.75, 3.05) is 19.8 Å². The van der Waals surface area contributed by atoms with Crippen LogP contribution in [0.3, 0.4) is 0 Å². The second-order valence-corrected chi connectivity index (χ2v) is 8.75. The molecule has 1 aliphatic rings. The van der Waals surface area contributed by atoms with E-state index in [1.54, 1.807) is 17.7 Å². The first kappa shape index (κ1) is 18.6. The van der Waals surface area contributed by atoms with Crippen LogP contribution in [0.5, 0.6) is 0 Å². The van der Waals surface area contributed by atoms with Crippen LogP contribution in [0.4, 0.5) is 0 Å². The Hall–Kier alpha value is -1.18. The van der Waals surface area contributed by atoms with E-state index in [1.807, 2.05) is 13.8 Å². The number of ether oxygens (including phenoxy) is 2. The number of nitrogens with zero attached hydrogens (tertiary/aromatic N) is 2. The molecule has 25 heavy (non-hydrogen) atoms. The zero-order chi connectivity index (χ0) is 17.8. The van der Waals surface area contributed by atoms with Gasteiger partial charge in [0.05, 0.1) is 6.61 Å². The molecule has 0 bridgehead atoms. The minimum absolute atomic E-state index is 0.228. The number of hydrogen-bond donors (Lipinski definition) is 0. The summed E-state index contributed by atoms with van der Waals surface area (Å²) in [6.07, 6.45) is 5.00. The molecule has 0 saturated heterocycles. The van der Waals surface area contributed by atoms with E-state index in [0.29, 0.717) is 19.8 Å². The fourth-order valence-corrected chi connectivity index (χ4v) is 5.37. The summed E-state index contributed by atoms with van der Waals surface area (Å²) in [6, 6.07) is 0. The highest BCUT2D eigenvalue weighted by atomic mass is 32.2. The van der Waals surface area contributed by atoms with E-state index in [0.717, 1.165) is 34.0 Å². The van der Waals surface area contributed by atoms with Crippen molar-refractivity contribution in [2.24, 2.45) is 5.92 Å². The molecule has 136 valence electrons. The van der Waals surface area contributed by atoms with Crippen LogP contribution in [-0.2, 0) is 27.1 Å². The third-order valence-corrected chi connectivity index (χ3v) is 6.59. The molecule has 0 N–H and O–H groups in total. The summed E-state index contributed by atoms with van der Waals surface area (Å²) >= 11 is 3.24. The number of thiophene rings is 1. The van der Waals surface area contributed by atoms with Crippen LogP contribution in [0.15, 0.2) is 11.4 Å². The summed E-state index contributed by atoms with van der Waals surface area (Å²) in [4.78, 5) is 23.6. The maximum atomic E-state index is 12.2. The van der Waals surface area contributed by atoms with Crippen molar-refractivity contribution in [1.29, 1.82) is 0 Å². The van der Waals surface area contributed by atoms with Gasteiger partial charge in [0, 0.05) is 16.9 Å². The van der Waals surface area contributed by atoms with Gasteiger partial charge in [0.25, 0.3) is 0 Å². The van der Waals surface area contributed by atoms with Gasteiger partial charge in [-0.15, -0.1) is 11.3 Å². The summed E-state index contributed by atoms with van der Waals surface area (Å²) in [6.45, 7) is 7.44. The summed E-state index contributed by atoms with van der Waals surface area (Å²) < 4.78 is 10.5. The molecule has 0 aromatic carbocycles. The SMILES string of the molecule is CCOCCOC(=O)[C@@H](C)Sc1ncnc2sc3c(c12)CC[C@@H](C)C3.